The third-order valence-electron chi connectivity index (χ3n) is 3.03. The molecule has 1 heterocycles. The van der Waals surface area contributed by atoms with Gasteiger partial charge in [0.1, 0.15) is 17.2 Å². The Bertz CT molecular complexity index is 674. The van der Waals surface area contributed by atoms with Gasteiger partial charge in [-0.3, -0.25) is 0 Å². The molecule has 0 aliphatic heterocycles. The first-order chi connectivity index (χ1) is 8.63. The second kappa shape index (κ2) is 3.88. The molecule has 3 rings (SSSR count). The van der Waals surface area contributed by atoms with Gasteiger partial charge in [0.2, 0.25) is 0 Å². The van der Waals surface area contributed by atoms with Crippen molar-refractivity contribution in [2.24, 2.45) is 0 Å². The molecular weight excluding hydrogens is 229 g/mol. The van der Waals surface area contributed by atoms with E-state index in [2.05, 4.69) is 0 Å². The SMILES string of the molecule is Cc1cc2cc(-c3ccc(F)cc3)oc2cc1N. The number of hydrogen-bond acceptors (Lipinski definition) is 2. The number of nitrogens with two attached hydrogens (primary N) is 1. The van der Waals surface area contributed by atoms with Crippen LogP contribution >= 0.6 is 0 Å². The van der Waals surface area contributed by atoms with E-state index in [9.17, 15) is 4.39 Å². The molecule has 3 aromatic rings. The van der Waals surface area contributed by atoms with Gasteiger partial charge in [-0.25, -0.2) is 4.39 Å². The van der Waals surface area contributed by atoms with Crippen LogP contribution in [0.2, 0.25) is 0 Å². The molecule has 0 radical (unpaired) electrons. The van der Waals surface area contributed by atoms with Gasteiger partial charge in [-0.05, 0) is 48.9 Å². The van der Waals surface area contributed by atoms with E-state index in [0.29, 0.717) is 5.69 Å². The van der Waals surface area contributed by atoms with E-state index in [0.717, 1.165) is 27.9 Å². The van der Waals surface area contributed by atoms with Crippen LogP contribution in [-0.4, -0.2) is 0 Å². The van der Waals surface area contributed by atoms with Crippen molar-refractivity contribution in [2.45, 2.75) is 6.92 Å². The molecule has 18 heavy (non-hydrogen) atoms. The zero-order valence-corrected chi connectivity index (χ0v) is 9.91. The fraction of sp³-hybridized carbons (Fsp3) is 0.0667. The molecule has 0 spiro atoms. The second-order valence-electron chi connectivity index (χ2n) is 4.36. The number of rotatable bonds is 1. The maximum Gasteiger partial charge on any atom is 0.136 e. The molecule has 3 heteroatoms. The smallest absolute Gasteiger partial charge is 0.136 e. The van der Waals surface area contributed by atoms with Gasteiger partial charge in [-0.15, -0.1) is 0 Å². The number of fused-ring (bicyclic) bond motifs is 1. The zero-order chi connectivity index (χ0) is 12.7. The van der Waals surface area contributed by atoms with E-state index in [1.54, 1.807) is 12.1 Å². The Morgan fingerprint density at radius 2 is 1.78 bits per heavy atom. The molecule has 1 aromatic heterocycles. The maximum atomic E-state index is 12.9. The van der Waals surface area contributed by atoms with Gasteiger partial charge in [0.25, 0.3) is 0 Å². The first-order valence-corrected chi connectivity index (χ1v) is 5.69. The zero-order valence-electron chi connectivity index (χ0n) is 9.91. The normalized spacial score (nSPS) is 11.0. The summed E-state index contributed by atoms with van der Waals surface area (Å²) in [6, 6.07) is 12.0. The van der Waals surface area contributed by atoms with Crippen molar-refractivity contribution in [3.8, 4) is 11.3 Å². The number of aryl methyl sites for hydroxylation is 1. The van der Waals surface area contributed by atoms with E-state index in [4.69, 9.17) is 10.2 Å². The van der Waals surface area contributed by atoms with Gasteiger partial charge in [0.15, 0.2) is 0 Å². The molecule has 2 nitrogen and oxygen atoms in total. The van der Waals surface area contributed by atoms with Crippen LogP contribution in [-0.2, 0) is 0 Å². The third-order valence-corrected chi connectivity index (χ3v) is 3.03. The molecule has 0 bridgehead atoms. The Morgan fingerprint density at radius 3 is 2.50 bits per heavy atom. The summed E-state index contributed by atoms with van der Waals surface area (Å²) in [6.07, 6.45) is 0. The molecule has 2 aromatic carbocycles. The van der Waals surface area contributed by atoms with Crippen molar-refractivity contribution in [3.63, 3.8) is 0 Å². The molecule has 0 saturated carbocycles. The molecule has 0 amide bonds. The fourth-order valence-corrected chi connectivity index (χ4v) is 1.97. The van der Waals surface area contributed by atoms with Crippen molar-refractivity contribution < 1.29 is 8.81 Å². The van der Waals surface area contributed by atoms with Crippen LogP contribution in [0.3, 0.4) is 0 Å². The van der Waals surface area contributed by atoms with E-state index in [1.807, 2.05) is 25.1 Å². The van der Waals surface area contributed by atoms with Crippen LogP contribution in [0.5, 0.6) is 0 Å². The van der Waals surface area contributed by atoms with Crippen LogP contribution in [0, 0.1) is 12.7 Å². The summed E-state index contributed by atoms with van der Waals surface area (Å²) < 4.78 is 18.6. The fourth-order valence-electron chi connectivity index (χ4n) is 1.97. The highest BCUT2D eigenvalue weighted by Gasteiger charge is 2.08. The Balaban J connectivity index is 2.16. The predicted molar refractivity (Wildman–Crippen MR) is 70.8 cm³/mol. The Hall–Kier alpha value is -2.29. The topological polar surface area (TPSA) is 39.2 Å². The Labute approximate surface area is 104 Å². The highest BCUT2D eigenvalue weighted by Crippen LogP contribution is 2.30. The lowest BCUT2D eigenvalue weighted by molar-refractivity contribution is 0.623. The van der Waals surface area contributed by atoms with Crippen molar-refractivity contribution in [1.82, 2.24) is 0 Å². The molecule has 0 aliphatic rings. The van der Waals surface area contributed by atoms with Gasteiger partial charge in [0.05, 0.1) is 0 Å². The third kappa shape index (κ3) is 1.74. The van der Waals surface area contributed by atoms with Crippen molar-refractivity contribution in [2.75, 3.05) is 5.73 Å². The molecule has 0 aliphatic carbocycles. The maximum absolute atomic E-state index is 12.9. The molecule has 0 atom stereocenters. The first-order valence-electron chi connectivity index (χ1n) is 5.69. The molecule has 0 fully saturated rings. The number of anilines is 1. The van der Waals surface area contributed by atoms with Crippen LogP contribution < -0.4 is 5.73 Å². The van der Waals surface area contributed by atoms with Gasteiger partial charge in [0, 0.05) is 22.7 Å². The summed E-state index contributed by atoms with van der Waals surface area (Å²) in [5.41, 5.74) is 9.18. The molecular formula is C15H12FNO. The van der Waals surface area contributed by atoms with Crippen molar-refractivity contribution in [1.29, 1.82) is 0 Å². The first kappa shape index (κ1) is 10.8. The number of nitrogen functional groups attached to an aromatic ring is 1. The molecule has 2 N–H and O–H groups in total. The van der Waals surface area contributed by atoms with E-state index < -0.39 is 0 Å². The van der Waals surface area contributed by atoms with Crippen LogP contribution in [0.15, 0.2) is 46.9 Å². The highest BCUT2D eigenvalue weighted by atomic mass is 19.1. The van der Waals surface area contributed by atoms with Crippen molar-refractivity contribution in [3.05, 3.63) is 53.8 Å². The van der Waals surface area contributed by atoms with E-state index in [-0.39, 0.29) is 5.82 Å². The predicted octanol–water partition coefficient (Wildman–Crippen LogP) is 4.13. The summed E-state index contributed by atoms with van der Waals surface area (Å²) in [6.45, 7) is 1.96. The van der Waals surface area contributed by atoms with Gasteiger partial charge in [-0.2, -0.15) is 0 Å². The summed E-state index contributed by atoms with van der Waals surface area (Å²) in [5.74, 6) is 0.463. The number of furan rings is 1. The molecule has 0 saturated heterocycles. The van der Waals surface area contributed by atoms with Crippen LogP contribution in [0.1, 0.15) is 5.56 Å². The van der Waals surface area contributed by atoms with Gasteiger partial charge in [-0.1, -0.05) is 0 Å². The van der Waals surface area contributed by atoms with Crippen molar-refractivity contribution >= 4 is 16.7 Å². The summed E-state index contributed by atoms with van der Waals surface area (Å²) in [4.78, 5) is 0. The largest absolute Gasteiger partial charge is 0.456 e. The monoisotopic (exact) mass is 241 g/mol. The average Bonchev–Trinajstić information content (AvgIpc) is 2.73. The van der Waals surface area contributed by atoms with E-state index in [1.165, 1.54) is 12.1 Å². The van der Waals surface area contributed by atoms with E-state index >= 15 is 0 Å². The number of halogens is 1. The Morgan fingerprint density at radius 1 is 1.06 bits per heavy atom. The summed E-state index contributed by atoms with van der Waals surface area (Å²) in [7, 11) is 0. The lowest BCUT2D eigenvalue weighted by Crippen LogP contribution is -1.87. The lowest BCUT2D eigenvalue weighted by atomic mass is 10.1. The standard InChI is InChI=1S/C15H12FNO/c1-9-6-11-7-14(18-15(11)8-13(9)17)10-2-4-12(16)5-3-10/h2-8H,17H2,1H3. The molecule has 90 valence electrons. The quantitative estimate of drug-likeness (QED) is 0.650. The van der Waals surface area contributed by atoms with Gasteiger partial charge < -0.3 is 10.2 Å². The van der Waals surface area contributed by atoms with Crippen LogP contribution in [0.25, 0.3) is 22.3 Å². The lowest BCUT2D eigenvalue weighted by Gasteiger charge is -1.97. The number of benzene rings is 2. The van der Waals surface area contributed by atoms with Gasteiger partial charge >= 0.3 is 0 Å². The summed E-state index contributed by atoms with van der Waals surface area (Å²) >= 11 is 0. The molecule has 0 unspecified atom stereocenters. The Kier molecular flexibility index (Phi) is 2.33. The second-order valence-corrected chi connectivity index (χ2v) is 4.36. The average molecular weight is 241 g/mol. The highest BCUT2D eigenvalue weighted by molar-refractivity contribution is 5.86. The van der Waals surface area contributed by atoms with Crippen LogP contribution in [0.4, 0.5) is 10.1 Å². The minimum atomic E-state index is -0.255. The summed E-state index contributed by atoms with van der Waals surface area (Å²) in [5, 5.41) is 1.00. The minimum Gasteiger partial charge on any atom is -0.456 e. The number of hydrogen-bond donors (Lipinski definition) is 1. The minimum absolute atomic E-state index is 0.255.